The molecule has 60 valence electrons. The van der Waals surface area contributed by atoms with Gasteiger partial charge in [-0.05, 0) is 18.4 Å². The molecule has 1 N–H and O–H groups in total. The highest BCUT2D eigenvalue weighted by Crippen LogP contribution is 2.30. The summed E-state index contributed by atoms with van der Waals surface area (Å²) in [5.74, 6) is -0.251. The molecule has 0 aromatic carbocycles. The fraction of sp³-hybridized carbons (Fsp3) is 0.625. The Balaban J connectivity index is 2.13. The van der Waals surface area contributed by atoms with E-state index in [2.05, 4.69) is 0 Å². The van der Waals surface area contributed by atoms with Gasteiger partial charge in [-0.25, -0.2) is 4.79 Å². The lowest BCUT2D eigenvalue weighted by atomic mass is 9.91. The number of rotatable bonds is 0. The Morgan fingerprint density at radius 3 is 3.27 bits per heavy atom. The van der Waals surface area contributed by atoms with Gasteiger partial charge in [0.1, 0.15) is 6.10 Å². The zero-order chi connectivity index (χ0) is 7.84. The SMILES string of the molecule is O=C1C=C2CC[C@H](O)C[C@H]2O1. The first kappa shape index (κ1) is 6.85. The molecular formula is C8H10O3. The van der Waals surface area contributed by atoms with Crippen LogP contribution < -0.4 is 0 Å². The number of hydrogen-bond acceptors (Lipinski definition) is 3. The van der Waals surface area contributed by atoms with Crippen molar-refractivity contribution < 1.29 is 14.6 Å². The molecule has 0 aromatic heterocycles. The normalized spacial score (nSPS) is 36.1. The molecule has 3 heteroatoms. The Labute approximate surface area is 64.7 Å². The lowest BCUT2D eigenvalue weighted by molar-refractivity contribution is -0.140. The summed E-state index contributed by atoms with van der Waals surface area (Å²) in [6.45, 7) is 0. The van der Waals surface area contributed by atoms with Crippen molar-refractivity contribution in [3.8, 4) is 0 Å². The lowest BCUT2D eigenvalue weighted by Gasteiger charge is -2.23. The molecule has 2 aliphatic rings. The van der Waals surface area contributed by atoms with E-state index < -0.39 is 0 Å². The van der Waals surface area contributed by atoms with Gasteiger partial charge in [-0.3, -0.25) is 0 Å². The zero-order valence-electron chi connectivity index (χ0n) is 6.12. The minimum atomic E-state index is -0.289. The highest BCUT2D eigenvalue weighted by Gasteiger charge is 2.31. The molecule has 1 heterocycles. The number of aliphatic hydroxyl groups is 1. The fourth-order valence-corrected chi connectivity index (χ4v) is 1.63. The van der Waals surface area contributed by atoms with Gasteiger partial charge in [0.15, 0.2) is 0 Å². The van der Waals surface area contributed by atoms with Crippen molar-refractivity contribution in [3.05, 3.63) is 11.6 Å². The summed E-state index contributed by atoms with van der Waals surface area (Å²) >= 11 is 0. The van der Waals surface area contributed by atoms with Gasteiger partial charge in [-0.15, -0.1) is 0 Å². The first-order valence-electron chi connectivity index (χ1n) is 3.85. The predicted octanol–water partition coefficient (Wildman–Crippen LogP) is 0.383. The van der Waals surface area contributed by atoms with Gasteiger partial charge in [-0.1, -0.05) is 0 Å². The summed E-state index contributed by atoms with van der Waals surface area (Å²) in [6, 6.07) is 0. The molecule has 1 saturated carbocycles. The standard InChI is InChI=1S/C8H10O3/c9-6-2-1-5-3-8(10)11-7(5)4-6/h3,6-7,9H,1-2,4H2/t6-,7+/m0/s1. The fourth-order valence-electron chi connectivity index (χ4n) is 1.63. The second kappa shape index (κ2) is 2.34. The van der Waals surface area contributed by atoms with Crippen LogP contribution in [0.1, 0.15) is 19.3 Å². The van der Waals surface area contributed by atoms with Gasteiger partial charge in [0.2, 0.25) is 0 Å². The lowest BCUT2D eigenvalue weighted by Crippen LogP contribution is -2.25. The van der Waals surface area contributed by atoms with Crippen molar-refractivity contribution in [2.45, 2.75) is 31.5 Å². The van der Waals surface area contributed by atoms with Crippen molar-refractivity contribution in [1.82, 2.24) is 0 Å². The largest absolute Gasteiger partial charge is 0.455 e. The van der Waals surface area contributed by atoms with Crippen LogP contribution in [0.5, 0.6) is 0 Å². The Kier molecular flexibility index (Phi) is 1.46. The highest BCUT2D eigenvalue weighted by molar-refractivity contribution is 5.85. The van der Waals surface area contributed by atoms with E-state index >= 15 is 0 Å². The summed E-state index contributed by atoms with van der Waals surface area (Å²) in [5, 5.41) is 9.22. The minimum Gasteiger partial charge on any atom is -0.455 e. The number of carbonyl (C=O) groups excluding carboxylic acids is 1. The smallest absolute Gasteiger partial charge is 0.331 e. The van der Waals surface area contributed by atoms with Crippen LogP contribution in [0.3, 0.4) is 0 Å². The van der Waals surface area contributed by atoms with Gasteiger partial charge in [-0.2, -0.15) is 0 Å². The van der Waals surface area contributed by atoms with Gasteiger partial charge in [0, 0.05) is 12.5 Å². The van der Waals surface area contributed by atoms with Gasteiger partial charge in [0.25, 0.3) is 0 Å². The number of fused-ring (bicyclic) bond motifs is 1. The molecule has 3 nitrogen and oxygen atoms in total. The maximum absolute atomic E-state index is 10.7. The Bertz CT molecular complexity index is 219. The highest BCUT2D eigenvalue weighted by atomic mass is 16.5. The first-order chi connectivity index (χ1) is 5.25. The van der Waals surface area contributed by atoms with Crippen LogP contribution in [0, 0.1) is 0 Å². The molecule has 0 amide bonds. The molecule has 0 saturated heterocycles. The first-order valence-corrected chi connectivity index (χ1v) is 3.85. The molecule has 1 aliphatic carbocycles. The van der Waals surface area contributed by atoms with Crippen LogP contribution in [0.2, 0.25) is 0 Å². The molecule has 2 atom stereocenters. The number of ether oxygens (including phenoxy) is 1. The van der Waals surface area contributed by atoms with Crippen LogP contribution in [-0.4, -0.2) is 23.3 Å². The summed E-state index contributed by atoms with van der Waals surface area (Å²) in [6.07, 6.45) is 3.29. The molecule has 0 radical (unpaired) electrons. The van der Waals surface area contributed by atoms with Crippen molar-refractivity contribution in [2.24, 2.45) is 0 Å². The second-order valence-corrected chi connectivity index (χ2v) is 3.07. The molecule has 2 rings (SSSR count). The van der Waals surface area contributed by atoms with Gasteiger partial charge < -0.3 is 9.84 Å². The number of aliphatic hydroxyl groups excluding tert-OH is 1. The van der Waals surface area contributed by atoms with Gasteiger partial charge >= 0.3 is 5.97 Å². The Morgan fingerprint density at radius 1 is 1.64 bits per heavy atom. The van der Waals surface area contributed by atoms with Crippen LogP contribution >= 0.6 is 0 Å². The summed E-state index contributed by atoms with van der Waals surface area (Å²) < 4.78 is 4.94. The molecule has 0 unspecified atom stereocenters. The zero-order valence-corrected chi connectivity index (χ0v) is 6.12. The molecular weight excluding hydrogens is 144 g/mol. The van der Waals surface area contributed by atoms with E-state index in [0.717, 1.165) is 18.4 Å². The third-order valence-corrected chi connectivity index (χ3v) is 2.23. The maximum Gasteiger partial charge on any atom is 0.331 e. The van der Waals surface area contributed by atoms with Crippen molar-refractivity contribution in [1.29, 1.82) is 0 Å². The van der Waals surface area contributed by atoms with Crippen molar-refractivity contribution in [3.63, 3.8) is 0 Å². The molecule has 0 spiro atoms. The van der Waals surface area contributed by atoms with E-state index in [1.54, 1.807) is 6.08 Å². The molecule has 1 fully saturated rings. The minimum absolute atomic E-state index is 0.119. The topological polar surface area (TPSA) is 46.5 Å². The van der Waals surface area contributed by atoms with Crippen molar-refractivity contribution >= 4 is 5.97 Å². The van der Waals surface area contributed by atoms with Gasteiger partial charge in [0.05, 0.1) is 6.10 Å². The van der Waals surface area contributed by atoms with Crippen LogP contribution in [0.4, 0.5) is 0 Å². The van der Waals surface area contributed by atoms with Crippen molar-refractivity contribution in [2.75, 3.05) is 0 Å². The van der Waals surface area contributed by atoms with E-state index in [1.807, 2.05) is 0 Å². The second-order valence-electron chi connectivity index (χ2n) is 3.07. The van der Waals surface area contributed by atoms with Crippen LogP contribution in [0.25, 0.3) is 0 Å². The molecule has 0 bridgehead atoms. The summed E-state index contributed by atoms with van der Waals surface area (Å²) in [5.41, 5.74) is 1.06. The quantitative estimate of drug-likeness (QED) is 0.513. The predicted molar refractivity (Wildman–Crippen MR) is 37.8 cm³/mol. The van der Waals surface area contributed by atoms with E-state index in [1.165, 1.54) is 0 Å². The molecule has 1 aliphatic heterocycles. The monoisotopic (exact) mass is 154 g/mol. The molecule has 11 heavy (non-hydrogen) atoms. The third kappa shape index (κ3) is 1.16. The Morgan fingerprint density at radius 2 is 2.45 bits per heavy atom. The third-order valence-electron chi connectivity index (χ3n) is 2.23. The van der Waals surface area contributed by atoms with Crippen LogP contribution in [0.15, 0.2) is 11.6 Å². The number of carbonyl (C=O) groups is 1. The average Bonchev–Trinajstić information content (AvgIpc) is 2.27. The number of esters is 1. The number of hydrogen-bond donors (Lipinski definition) is 1. The van der Waals surface area contributed by atoms with E-state index in [9.17, 15) is 9.90 Å². The van der Waals surface area contributed by atoms with E-state index in [0.29, 0.717) is 6.42 Å². The summed E-state index contributed by atoms with van der Waals surface area (Å²) in [7, 11) is 0. The summed E-state index contributed by atoms with van der Waals surface area (Å²) in [4.78, 5) is 10.7. The van der Waals surface area contributed by atoms with E-state index in [4.69, 9.17) is 4.74 Å². The van der Waals surface area contributed by atoms with Crippen LogP contribution in [-0.2, 0) is 9.53 Å². The van der Waals surface area contributed by atoms with E-state index in [-0.39, 0.29) is 18.2 Å². The average molecular weight is 154 g/mol. The molecule has 0 aromatic rings. The Hall–Kier alpha value is -0.830. The maximum atomic E-state index is 10.7.